The van der Waals surface area contributed by atoms with Gasteiger partial charge in [0.15, 0.2) is 0 Å². The van der Waals surface area contributed by atoms with E-state index in [-0.39, 0.29) is 11.8 Å². The minimum absolute atomic E-state index is 0.0198. The van der Waals surface area contributed by atoms with Gasteiger partial charge in [-0.25, -0.2) is 0 Å². The highest BCUT2D eigenvalue weighted by atomic mass is 35.5. The maximum Gasteiger partial charge on any atom is 0.253 e. The first-order valence-corrected chi connectivity index (χ1v) is 10.5. The Balaban J connectivity index is 1.55. The number of carbonyl (C=O) groups is 2. The van der Waals surface area contributed by atoms with Crippen molar-refractivity contribution in [3.63, 3.8) is 0 Å². The van der Waals surface area contributed by atoms with Gasteiger partial charge in [0, 0.05) is 61.6 Å². The van der Waals surface area contributed by atoms with Gasteiger partial charge in [0.05, 0.1) is 0 Å². The largest absolute Gasteiger partial charge is 0.375 e. The molecule has 2 amide bonds. The molecule has 0 atom stereocenters. The molecule has 1 heterocycles. The molecule has 5 nitrogen and oxygen atoms in total. The molecular weight excluding hydrogens is 386 g/mol. The first-order valence-electron chi connectivity index (χ1n) is 10.1. The second-order valence-corrected chi connectivity index (χ2v) is 7.85. The molecule has 2 aromatic carbocycles. The summed E-state index contributed by atoms with van der Waals surface area (Å²) in [6.45, 7) is 5.33. The van der Waals surface area contributed by atoms with E-state index < -0.39 is 0 Å². The van der Waals surface area contributed by atoms with Crippen LogP contribution in [0.15, 0.2) is 48.5 Å². The van der Waals surface area contributed by atoms with E-state index in [0.717, 1.165) is 25.1 Å². The van der Waals surface area contributed by atoms with Crippen LogP contribution in [0, 0.1) is 0 Å². The number of nitrogens with zero attached hydrogens (tertiary/aromatic N) is 3. The van der Waals surface area contributed by atoms with E-state index in [0.29, 0.717) is 42.3 Å². The average Bonchev–Trinajstić information content (AvgIpc) is 2.77. The second kappa shape index (κ2) is 9.79. The highest BCUT2D eigenvalue weighted by Crippen LogP contribution is 2.17. The van der Waals surface area contributed by atoms with Gasteiger partial charge in [-0.05, 0) is 55.0 Å². The number of amides is 2. The van der Waals surface area contributed by atoms with E-state index in [1.807, 2.05) is 29.2 Å². The van der Waals surface area contributed by atoms with Crippen LogP contribution < -0.4 is 4.90 Å². The van der Waals surface area contributed by atoms with E-state index in [4.69, 9.17) is 11.6 Å². The van der Waals surface area contributed by atoms with Crippen molar-refractivity contribution >= 4 is 29.1 Å². The normalized spacial score (nSPS) is 14.0. The molecule has 2 aromatic rings. The van der Waals surface area contributed by atoms with E-state index in [1.54, 1.807) is 29.2 Å². The van der Waals surface area contributed by atoms with Crippen molar-refractivity contribution in [3.05, 3.63) is 64.7 Å². The Morgan fingerprint density at radius 3 is 1.76 bits per heavy atom. The van der Waals surface area contributed by atoms with E-state index in [9.17, 15) is 9.59 Å². The quantitative estimate of drug-likeness (QED) is 0.713. The van der Waals surface area contributed by atoms with Crippen LogP contribution in [0.2, 0.25) is 5.02 Å². The number of hydrogen-bond donors (Lipinski definition) is 0. The van der Waals surface area contributed by atoms with Gasteiger partial charge in [-0.1, -0.05) is 24.9 Å². The Bertz CT molecular complexity index is 828. The molecule has 1 saturated heterocycles. The highest BCUT2D eigenvalue weighted by Gasteiger charge is 2.25. The van der Waals surface area contributed by atoms with Crippen LogP contribution in [0.1, 0.15) is 40.5 Å². The van der Waals surface area contributed by atoms with E-state index >= 15 is 0 Å². The maximum atomic E-state index is 12.8. The molecule has 3 rings (SSSR count). The molecule has 0 aromatic heterocycles. The van der Waals surface area contributed by atoms with Crippen molar-refractivity contribution in [2.45, 2.75) is 19.8 Å². The van der Waals surface area contributed by atoms with Crippen molar-refractivity contribution in [1.29, 1.82) is 0 Å². The lowest BCUT2D eigenvalue weighted by molar-refractivity contribution is 0.0535. The third kappa shape index (κ3) is 5.30. The Kier molecular flexibility index (Phi) is 7.15. The zero-order valence-electron chi connectivity index (χ0n) is 17.1. The van der Waals surface area contributed by atoms with Crippen molar-refractivity contribution in [3.8, 4) is 0 Å². The molecule has 0 aliphatic carbocycles. The molecule has 0 unspecified atom stereocenters. The van der Waals surface area contributed by atoms with Gasteiger partial charge in [0.25, 0.3) is 11.8 Å². The third-order valence-corrected chi connectivity index (χ3v) is 5.60. The summed E-state index contributed by atoms with van der Waals surface area (Å²) >= 11 is 5.89. The first-order chi connectivity index (χ1) is 14.0. The summed E-state index contributed by atoms with van der Waals surface area (Å²) in [4.78, 5) is 31.3. The standard InChI is InChI=1S/C23H28ClN3O2/c1-3-4-13-25(2)21-11-7-19(8-12-21)23(29)27-16-14-26(15-17-27)22(28)18-5-9-20(24)10-6-18/h5-12H,3-4,13-17H2,1-2H3. The SMILES string of the molecule is CCCCN(C)c1ccc(C(=O)N2CCN(C(=O)c3ccc(Cl)cc3)CC2)cc1. The molecule has 154 valence electrons. The molecule has 1 aliphatic heterocycles. The molecular formula is C23H28ClN3O2. The van der Waals surface area contributed by atoms with Crippen molar-refractivity contribution in [1.82, 2.24) is 9.80 Å². The minimum atomic E-state index is -0.0202. The van der Waals surface area contributed by atoms with Crippen LogP contribution in [0.5, 0.6) is 0 Å². The fourth-order valence-electron chi connectivity index (χ4n) is 3.45. The number of carbonyl (C=O) groups excluding carboxylic acids is 2. The summed E-state index contributed by atoms with van der Waals surface area (Å²) in [5.41, 5.74) is 2.43. The number of piperazine rings is 1. The fraction of sp³-hybridized carbons (Fsp3) is 0.391. The summed E-state index contributed by atoms with van der Waals surface area (Å²) in [6, 6.07) is 14.7. The van der Waals surface area contributed by atoms with Crippen molar-refractivity contribution < 1.29 is 9.59 Å². The Morgan fingerprint density at radius 1 is 0.862 bits per heavy atom. The number of rotatable bonds is 6. The van der Waals surface area contributed by atoms with Crippen LogP contribution in [-0.2, 0) is 0 Å². The maximum absolute atomic E-state index is 12.8. The number of halogens is 1. The molecule has 29 heavy (non-hydrogen) atoms. The summed E-state index contributed by atoms with van der Waals surface area (Å²) in [6.07, 6.45) is 2.31. The Labute approximate surface area is 177 Å². The topological polar surface area (TPSA) is 43.9 Å². The Hall–Kier alpha value is -2.53. The third-order valence-electron chi connectivity index (χ3n) is 5.35. The van der Waals surface area contributed by atoms with Gasteiger partial charge in [0.1, 0.15) is 0 Å². The second-order valence-electron chi connectivity index (χ2n) is 7.41. The summed E-state index contributed by atoms with van der Waals surface area (Å²) < 4.78 is 0. The zero-order valence-corrected chi connectivity index (χ0v) is 17.9. The van der Waals surface area contributed by atoms with Gasteiger partial charge in [-0.15, -0.1) is 0 Å². The van der Waals surface area contributed by atoms with Crippen LogP contribution in [0.25, 0.3) is 0 Å². The van der Waals surface area contributed by atoms with E-state index in [2.05, 4.69) is 18.9 Å². The number of hydrogen-bond acceptors (Lipinski definition) is 3. The fourth-order valence-corrected chi connectivity index (χ4v) is 3.58. The van der Waals surface area contributed by atoms with Crippen LogP contribution in [0.4, 0.5) is 5.69 Å². The predicted molar refractivity (Wildman–Crippen MR) is 118 cm³/mol. The summed E-state index contributed by atoms with van der Waals surface area (Å²) in [7, 11) is 2.07. The van der Waals surface area contributed by atoms with Gasteiger partial charge >= 0.3 is 0 Å². The van der Waals surface area contributed by atoms with Crippen LogP contribution in [-0.4, -0.2) is 61.4 Å². The smallest absolute Gasteiger partial charge is 0.253 e. The van der Waals surface area contributed by atoms with Gasteiger partial charge in [-0.2, -0.15) is 0 Å². The average molecular weight is 414 g/mol. The van der Waals surface area contributed by atoms with Gasteiger partial charge in [0.2, 0.25) is 0 Å². The molecule has 0 bridgehead atoms. The number of unbranched alkanes of at least 4 members (excludes halogenated alkanes) is 1. The molecule has 6 heteroatoms. The highest BCUT2D eigenvalue weighted by molar-refractivity contribution is 6.30. The van der Waals surface area contributed by atoms with Gasteiger partial charge < -0.3 is 14.7 Å². The lowest BCUT2D eigenvalue weighted by atomic mass is 10.1. The molecule has 0 N–H and O–H groups in total. The lowest BCUT2D eigenvalue weighted by Gasteiger charge is -2.35. The Morgan fingerprint density at radius 2 is 1.31 bits per heavy atom. The van der Waals surface area contributed by atoms with Crippen LogP contribution in [0.3, 0.4) is 0 Å². The van der Waals surface area contributed by atoms with Gasteiger partial charge in [-0.3, -0.25) is 9.59 Å². The zero-order chi connectivity index (χ0) is 20.8. The van der Waals surface area contributed by atoms with E-state index in [1.165, 1.54) is 0 Å². The molecule has 0 radical (unpaired) electrons. The molecule has 1 fully saturated rings. The minimum Gasteiger partial charge on any atom is -0.375 e. The molecule has 1 aliphatic rings. The predicted octanol–water partition coefficient (Wildman–Crippen LogP) is 4.17. The monoisotopic (exact) mass is 413 g/mol. The van der Waals surface area contributed by atoms with Crippen LogP contribution >= 0.6 is 11.6 Å². The van der Waals surface area contributed by atoms with Crippen molar-refractivity contribution in [2.24, 2.45) is 0 Å². The summed E-state index contributed by atoms with van der Waals surface area (Å²) in [5, 5.41) is 0.611. The first kappa shape index (κ1) is 21.2. The molecule has 0 spiro atoms. The molecule has 0 saturated carbocycles. The number of anilines is 1. The number of benzene rings is 2. The summed E-state index contributed by atoms with van der Waals surface area (Å²) in [5.74, 6) is -0.000381. The lowest BCUT2D eigenvalue weighted by Crippen LogP contribution is -2.50. The van der Waals surface area contributed by atoms with Crippen molar-refractivity contribution in [2.75, 3.05) is 44.7 Å².